The Morgan fingerprint density at radius 2 is 2.20 bits per heavy atom. The highest BCUT2D eigenvalue weighted by molar-refractivity contribution is 5.60. The number of nitro benzene ring substituents is 1. The van der Waals surface area contributed by atoms with Crippen LogP contribution in [0.4, 0.5) is 11.4 Å². The average Bonchev–Trinajstić information content (AvgIpc) is 2.68. The number of anilines is 1. The molecule has 0 amide bonds. The lowest BCUT2D eigenvalue weighted by molar-refractivity contribution is -0.386. The Hall–Kier alpha value is -1.82. The molecule has 2 rings (SSSR count). The summed E-state index contributed by atoms with van der Waals surface area (Å²) < 4.78 is 5.53. The molecule has 0 spiro atoms. The van der Waals surface area contributed by atoms with Crippen LogP contribution in [0.5, 0.6) is 5.75 Å². The Kier molecular flexibility index (Phi) is 3.85. The maximum Gasteiger partial charge on any atom is 0.311 e. The van der Waals surface area contributed by atoms with Crippen molar-refractivity contribution < 1.29 is 14.8 Å². The highest BCUT2D eigenvalue weighted by Crippen LogP contribution is 2.34. The fourth-order valence-corrected chi connectivity index (χ4v) is 2.36. The summed E-state index contributed by atoms with van der Waals surface area (Å²) in [7, 11) is 0. The van der Waals surface area contributed by atoms with Gasteiger partial charge in [-0.1, -0.05) is 0 Å². The number of benzene rings is 1. The van der Waals surface area contributed by atoms with E-state index in [1.54, 1.807) is 19.1 Å². The molecule has 1 aromatic carbocycles. The summed E-state index contributed by atoms with van der Waals surface area (Å²) in [6.45, 7) is 6.70. The number of hydrogen-bond acceptors (Lipinski definition) is 5. The monoisotopic (exact) mass is 280 g/mol. The van der Waals surface area contributed by atoms with Crippen LogP contribution in [0.3, 0.4) is 0 Å². The van der Waals surface area contributed by atoms with Gasteiger partial charge in [-0.25, -0.2) is 0 Å². The summed E-state index contributed by atoms with van der Waals surface area (Å²) in [5.41, 5.74) is 0.0957. The predicted molar refractivity (Wildman–Crippen MR) is 76.3 cm³/mol. The second kappa shape index (κ2) is 5.28. The van der Waals surface area contributed by atoms with Crippen LogP contribution < -0.4 is 9.64 Å². The van der Waals surface area contributed by atoms with E-state index < -0.39 is 10.5 Å². The molecule has 1 fully saturated rings. The van der Waals surface area contributed by atoms with E-state index in [9.17, 15) is 15.2 Å². The highest BCUT2D eigenvalue weighted by Gasteiger charge is 2.32. The minimum atomic E-state index is -0.707. The van der Waals surface area contributed by atoms with Crippen molar-refractivity contribution in [3.05, 3.63) is 28.3 Å². The molecule has 1 aliphatic rings. The van der Waals surface area contributed by atoms with Gasteiger partial charge in [-0.3, -0.25) is 10.1 Å². The maximum atomic E-state index is 11.0. The molecule has 0 saturated carbocycles. The van der Waals surface area contributed by atoms with Gasteiger partial charge in [-0.2, -0.15) is 0 Å². The first-order valence-electron chi connectivity index (χ1n) is 6.71. The lowest BCUT2D eigenvalue weighted by Gasteiger charge is -2.21. The summed E-state index contributed by atoms with van der Waals surface area (Å²) in [6.07, 6.45) is 0.551. The lowest BCUT2D eigenvalue weighted by Crippen LogP contribution is -2.29. The van der Waals surface area contributed by atoms with Gasteiger partial charge < -0.3 is 14.7 Å². The molecular formula is C14H20N2O4. The Labute approximate surface area is 118 Å². The molecule has 1 saturated heterocycles. The fourth-order valence-electron chi connectivity index (χ4n) is 2.36. The second-order valence-corrected chi connectivity index (χ2v) is 5.74. The van der Waals surface area contributed by atoms with Crippen molar-refractivity contribution in [1.29, 1.82) is 0 Å². The number of rotatable bonds is 4. The number of β-amino-alcohol motifs (C(OH)–C–C–N with tert-alkyl or cyclic N) is 1. The average molecular weight is 280 g/mol. The van der Waals surface area contributed by atoms with Gasteiger partial charge in [0.25, 0.3) is 0 Å². The number of nitro groups is 1. The largest absolute Gasteiger partial charge is 0.484 e. The van der Waals surface area contributed by atoms with Crippen molar-refractivity contribution >= 4 is 11.4 Å². The van der Waals surface area contributed by atoms with Gasteiger partial charge in [-0.05, 0) is 33.3 Å². The van der Waals surface area contributed by atoms with Crippen LogP contribution in [0.15, 0.2) is 18.2 Å². The zero-order valence-corrected chi connectivity index (χ0v) is 12.0. The minimum absolute atomic E-state index is 0.0339. The summed E-state index contributed by atoms with van der Waals surface area (Å²) in [5.74, 6) is 0.272. The lowest BCUT2D eigenvalue weighted by atomic mass is 10.1. The highest BCUT2D eigenvalue weighted by atomic mass is 16.6. The third-order valence-electron chi connectivity index (χ3n) is 3.32. The predicted octanol–water partition coefficient (Wildman–Crippen LogP) is 2.34. The minimum Gasteiger partial charge on any atom is -0.484 e. The van der Waals surface area contributed by atoms with Crippen LogP contribution in [-0.2, 0) is 0 Å². The number of aliphatic hydroxyl groups is 1. The van der Waals surface area contributed by atoms with Crippen LogP contribution in [0.2, 0.25) is 0 Å². The third-order valence-corrected chi connectivity index (χ3v) is 3.32. The van der Waals surface area contributed by atoms with E-state index in [2.05, 4.69) is 0 Å². The molecule has 1 aromatic rings. The Morgan fingerprint density at radius 1 is 1.50 bits per heavy atom. The number of nitrogens with zero attached hydrogens (tertiary/aromatic N) is 2. The zero-order chi connectivity index (χ0) is 14.9. The molecular weight excluding hydrogens is 260 g/mol. The molecule has 6 nitrogen and oxygen atoms in total. The first kappa shape index (κ1) is 14.6. The van der Waals surface area contributed by atoms with Crippen molar-refractivity contribution in [2.24, 2.45) is 0 Å². The van der Waals surface area contributed by atoms with Crippen molar-refractivity contribution in [1.82, 2.24) is 0 Å². The van der Waals surface area contributed by atoms with Gasteiger partial charge in [0.1, 0.15) is 0 Å². The van der Waals surface area contributed by atoms with E-state index in [-0.39, 0.29) is 17.5 Å². The second-order valence-electron chi connectivity index (χ2n) is 5.74. The molecule has 1 heterocycles. The first-order valence-corrected chi connectivity index (χ1v) is 6.71. The zero-order valence-electron chi connectivity index (χ0n) is 12.0. The summed E-state index contributed by atoms with van der Waals surface area (Å²) in [5, 5.41) is 21.0. The molecule has 110 valence electrons. The summed E-state index contributed by atoms with van der Waals surface area (Å²) in [4.78, 5) is 12.6. The number of hydrogen-bond donors (Lipinski definition) is 1. The SMILES string of the molecule is CC(C)Oc1cc(N2CCC(C)(O)C2)ccc1[N+](=O)[O-]. The first-order chi connectivity index (χ1) is 9.28. The number of ether oxygens (including phenoxy) is 1. The van der Waals surface area contributed by atoms with Crippen LogP contribution in [0, 0.1) is 10.1 Å². The van der Waals surface area contributed by atoms with E-state index in [0.717, 1.165) is 12.2 Å². The van der Waals surface area contributed by atoms with Gasteiger partial charge in [0.15, 0.2) is 5.75 Å². The topological polar surface area (TPSA) is 75.8 Å². The molecule has 20 heavy (non-hydrogen) atoms. The van der Waals surface area contributed by atoms with Crippen molar-refractivity contribution in [3.8, 4) is 5.75 Å². The molecule has 6 heteroatoms. The van der Waals surface area contributed by atoms with Gasteiger partial charge in [0.05, 0.1) is 16.6 Å². The Bertz CT molecular complexity index is 514. The van der Waals surface area contributed by atoms with Gasteiger partial charge in [0, 0.05) is 30.9 Å². The summed E-state index contributed by atoms with van der Waals surface area (Å²) in [6, 6.07) is 4.84. The van der Waals surface area contributed by atoms with Gasteiger partial charge in [-0.15, -0.1) is 0 Å². The smallest absolute Gasteiger partial charge is 0.311 e. The van der Waals surface area contributed by atoms with Gasteiger partial charge in [0.2, 0.25) is 0 Å². The Morgan fingerprint density at radius 3 is 2.70 bits per heavy atom. The fraction of sp³-hybridized carbons (Fsp3) is 0.571. The van der Waals surface area contributed by atoms with Crippen molar-refractivity contribution in [2.75, 3.05) is 18.0 Å². The van der Waals surface area contributed by atoms with Crippen LogP contribution >= 0.6 is 0 Å². The molecule has 0 bridgehead atoms. The Balaban J connectivity index is 2.30. The van der Waals surface area contributed by atoms with Crippen LogP contribution in [-0.4, -0.2) is 34.8 Å². The molecule has 1 aliphatic heterocycles. The van der Waals surface area contributed by atoms with E-state index in [0.29, 0.717) is 13.0 Å². The van der Waals surface area contributed by atoms with E-state index in [1.807, 2.05) is 18.7 Å². The molecule has 1 unspecified atom stereocenters. The van der Waals surface area contributed by atoms with E-state index in [1.165, 1.54) is 6.07 Å². The van der Waals surface area contributed by atoms with Crippen molar-refractivity contribution in [3.63, 3.8) is 0 Å². The van der Waals surface area contributed by atoms with E-state index in [4.69, 9.17) is 4.74 Å². The van der Waals surface area contributed by atoms with Crippen LogP contribution in [0.25, 0.3) is 0 Å². The molecule has 0 aliphatic carbocycles. The third kappa shape index (κ3) is 3.19. The summed E-state index contributed by atoms with van der Waals surface area (Å²) >= 11 is 0. The molecule has 0 radical (unpaired) electrons. The molecule has 1 atom stereocenters. The van der Waals surface area contributed by atoms with Gasteiger partial charge >= 0.3 is 5.69 Å². The van der Waals surface area contributed by atoms with E-state index >= 15 is 0 Å². The standard InChI is InChI=1S/C14H20N2O4/c1-10(2)20-13-8-11(4-5-12(13)16(18)19)15-7-6-14(3,17)9-15/h4-5,8,10,17H,6-7,9H2,1-3H3. The molecule has 1 N–H and O–H groups in total. The van der Waals surface area contributed by atoms with Crippen LogP contribution in [0.1, 0.15) is 27.2 Å². The normalized spacial score (nSPS) is 22.4. The quantitative estimate of drug-likeness (QED) is 0.676. The molecule has 0 aromatic heterocycles. The van der Waals surface area contributed by atoms with Crippen molar-refractivity contribution in [2.45, 2.75) is 38.9 Å². The maximum absolute atomic E-state index is 11.0.